The number of anilines is 2. The van der Waals surface area contributed by atoms with E-state index in [1.807, 2.05) is 25.4 Å². The highest BCUT2D eigenvalue weighted by Crippen LogP contribution is 2.25. The number of pyridine rings is 2. The van der Waals surface area contributed by atoms with Crippen LogP contribution in [0.25, 0.3) is 11.0 Å². The van der Waals surface area contributed by atoms with Crippen molar-refractivity contribution < 1.29 is 0 Å². The van der Waals surface area contributed by atoms with E-state index in [0.29, 0.717) is 0 Å². The maximum absolute atomic E-state index is 4.73. The molecular formula is C19H22N6. The lowest BCUT2D eigenvalue weighted by atomic mass is 10.2. The molecule has 4 heterocycles. The van der Waals surface area contributed by atoms with Crippen molar-refractivity contribution in [2.75, 3.05) is 36.0 Å². The molecule has 0 N–H and O–H groups in total. The van der Waals surface area contributed by atoms with Crippen molar-refractivity contribution in [3.8, 4) is 0 Å². The van der Waals surface area contributed by atoms with Crippen molar-refractivity contribution in [1.29, 1.82) is 0 Å². The highest BCUT2D eigenvalue weighted by Gasteiger charge is 2.20. The molecule has 25 heavy (non-hydrogen) atoms. The second-order valence-corrected chi connectivity index (χ2v) is 6.46. The fourth-order valence-electron chi connectivity index (χ4n) is 3.48. The third-order valence-corrected chi connectivity index (χ3v) is 4.69. The lowest BCUT2D eigenvalue weighted by Gasteiger charge is -2.25. The van der Waals surface area contributed by atoms with Crippen LogP contribution < -0.4 is 9.80 Å². The molecule has 0 saturated carbocycles. The largest absolute Gasteiger partial charge is 0.369 e. The number of rotatable bonds is 2. The Morgan fingerprint density at radius 3 is 2.64 bits per heavy atom. The minimum Gasteiger partial charge on any atom is -0.369 e. The molecule has 0 spiro atoms. The molecular weight excluding hydrogens is 312 g/mol. The van der Waals surface area contributed by atoms with Crippen molar-refractivity contribution in [3.63, 3.8) is 0 Å². The maximum Gasteiger partial charge on any atom is 0.164 e. The lowest BCUT2D eigenvalue weighted by molar-refractivity contribution is 0.796. The normalized spacial score (nSPS) is 15.4. The maximum atomic E-state index is 4.73. The number of hydrogen-bond donors (Lipinski definition) is 0. The van der Waals surface area contributed by atoms with Crippen LogP contribution in [-0.2, 0) is 0 Å². The van der Waals surface area contributed by atoms with Crippen molar-refractivity contribution in [3.05, 3.63) is 48.2 Å². The summed E-state index contributed by atoms with van der Waals surface area (Å²) in [6, 6.07) is 6.13. The van der Waals surface area contributed by atoms with Crippen molar-refractivity contribution in [2.45, 2.75) is 20.3 Å². The Kier molecular flexibility index (Phi) is 4.17. The molecule has 6 nitrogen and oxygen atoms in total. The quantitative estimate of drug-likeness (QED) is 0.718. The van der Waals surface area contributed by atoms with E-state index in [1.54, 1.807) is 6.20 Å². The Balaban J connectivity index is 1.63. The highest BCUT2D eigenvalue weighted by atomic mass is 15.3. The van der Waals surface area contributed by atoms with E-state index in [0.717, 1.165) is 55.3 Å². The van der Waals surface area contributed by atoms with Crippen molar-refractivity contribution in [2.24, 2.45) is 0 Å². The average molecular weight is 334 g/mol. The molecule has 3 aromatic rings. The minimum absolute atomic E-state index is 0.771. The van der Waals surface area contributed by atoms with Crippen LogP contribution >= 0.6 is 0 Å². The first-order valence-corrected chi connectivity index (χ1v) is 8.72. The Labute approximate surface area is 147 Å². The molecule has 0 unspecified atom stereocenters. The summed E-state index contributed by atoms with van der Waals surface area (Å²) in [4.78, 5) is 22.6. The molecule has 128 valence electrons. The molecule has 3 aromatic heterocycles. The fraction of sp³-hybridized carbons (Fsp3) is 0.368. The van der Waals surface area contributed by atoms with E-state index >= 15 is 0 Å². The summed E-state index contributed by atoms with van der Waals surface area (Å²) in [5.74, 6) is 1.77. The molecule has 1 aliphatic rings. The minimum atomic E-state index is 0.771. The zero-order valence-corrected chi connectivity index (χ0v) is 14.7. The topological polar surface area (TPSA) is 58.0 Å². The van der Waals surface area contributed by atoms with E-state index in [2.05, 4.69) is 43.8 Å². The van der Waals surface area contributed by atoms with E-state index in [-0.39, 0.29) is 0 Å². The number of aromatic nitrogens is 4. The van der Waals surface area contributed by atoms with Crippen LogP contribution in [0.4, 0.5) is 11.5 Å². The average Bonchev–Trinajstić information content (AvgIpc) is 2.87. The standard InChI is InChI=1S/C19H22N6/c1-14-13-20-8-6-17(14)24-9-4-10-25(12-11-24)19-16-5-3-7-21-18(16)22-15(2)23-19/h3,5-8,13H,4,9-12H2,1-2H3. The van der Waals surface area contributed by atoms with Gasteiger partial charge in [0.25, 0.3) is 0 Å². The van der Waals surface area contributed by atoms with Crippen LogP contribution in [0, 0.1) is 13.8 Å². The Bertz CT molecular complexity index is 894. The summed E-state index contributed by atoms with van der Waals surface area (Å²) in [6.07, 6.45) is 6.68. The number of fused-ring (bicyclic) bond motifs is 1. The second-order valence-electron chi connectivity index (χ2n) is 6.46. The van der Waals surface area contributed by atoms with Gasteiger partial charge in [0.15, 0.2) is 5.65 Å². The predicted octanol–water partition coefficient (Wildman–Crippen LogP) is 2.75. The molecule has 0 radical (unpaired) electrons. The second kappa shape index (κ2) is 6.63. The van der Waals surface area contributed by atoms with Crippen LogP contribution in [-0.4, -0.2) is 46.1 Å². The molecule has 0 atom stereocenters. The zero-order valence-electron chi connectivity index (χ0n) is 14.7. The molecule has 1 saturated heterocycles. The first-order chi connectivity index (χ1) is 12.2. The predicted molar refractivity (Wildman–Crippen MR) is 100 cm³/mol. The Morgan fingerprint density at radius 2 is 1.76 bits per heavy atom. The SMILES string of the molecule is Cc1nc(N2CCCN(c3ccncc3C)CC2)c2cccnc2n1. The zero-order chi connectivity index (χ0) is 17.2. The van der Waals surface area contributed by atoms with Crippen molar-refractivity contribution in [1.82, 2.24) is 19.9 Å². The van der Waals surface area contributed by atoms with Gasteiger partial charge < -0.3 is 9.80 Å². The van der Waals surface area contributed by atoms with Gasteiger partial charge in [0.05, 0.1) is 5.39 Å². The van der Waals surface area contributed by atoms with Crippen molar-refractivity contribution >= 4 is 22.5 Å². The fourth-order valence-corrected chi connectivity index (χ4v) is 3.48. The van der Waals surface area contributed by atoms with Gasteiger partial charge >= 0.3 is 0 Å². The Hall–Kier alpha value is -2.76. The summed E-state index contributed by atoms with van der Waals surface area (Å²) in [5.41, 5.74) is 3.28. The summed E-state index contributed by atoms with van der Waals surface area (Å²) >= 11 is 0. The summed E-state index contributed by atoms with van der Waals surface area (Å²) < 4.78 is 0. The van der Waals surface area contributed by atoms with Gasteiger partial charge in [0.2, 0.25) is 0 Å². The third kappa shape index (κ3) is 3.12. The van der Waals surface area contributed by atoms with Gasteiger partial charge in [0.1, 0.15) is 11.6 Å². The first kappa shape index (κ1) is 15.7. The summed E-state index contributed by atoms with van der Waals surface area (Å²) in [7, 11) is 0. The van der Waals surface area contributed by atoms with Gasteiger partial charge in [-0.15, -0.1) is 0 Å². The smallest absolute Gasteiger partial charge is 0.164 e. The number of aryl methyl sites for hydroxylation is 2. The molecule has 1 aliphatic heterocycles. The van der Waals surface area contributed by atoms with Crippen LogP contribution in [0.15, 0.2) is 36.8 Å². The van der Waals surface area contributed by atoms with Gasteiger partial charge in [-0.25, -0.2) is 15.0 Å². The molecule has 0 bridgehead atoms. The first-order valence-electron chi connectivity index (χ1n) is 8.72. The van der Waals surface area contributed by atoms with E-state index in [1.165, 1.54) is 11.3 Å². The van der Waals surface area contributed by atoms with E-state index < -0.39 is 0 Å². The molecule has 4 rings (SSSR count). The number of nitrogens with zero attached hydrogens (tertiary/aromatic N) is 6. The summed E-state index contributed by atoms with van der Waals surface area (Å²) in [5, 5.41) is 1.03. The Morgan fingerprint density at radius 1 is 0.920 bits per heavy atom. The monoisotopic (exact) mass is 334 g/mol. The van der Waals surface area contributed by atoms with Gasteiger partial charge in [0, 0.05) is 50.5 Å². The third-order valence-electron chi connectivity index (χ3n) is 4.69. The summed E-state index contributed by atoms with van der Waals surface area (Å²) in [6.45, 7) is 7.99. The number of hydrogen-bond acceptors (Lipinski definition) is 6. The van der Waals surface area contributed by atoms with Crippen LogP contribution in [0.2, 0.25) is 0 Å². The lowest BCUT2D eigenvalue weighted by Crippen LogP contribution is -2.31. The van der Waals surface area contributed by atoms with Crippen LogP contribution in [0.3, 0.4) is 0 Å². The van der Waals surface area contributed by atoms with Gasteiger partial charge in [-0.2, -0.15) is 0 Å². The highest BCUT2D eigenvalue weighted by molar-refractivity contribution is 5.86. The van der Waals surface area contributed by atoms with Gasteiger partial charge in [-0.1, -0.05) is 0 Å². The molecule has 1 fully saturated rings. The van der Waals surface area contributed by atoms with E-state index in [9.17, 15) is 0 Å². The van der Waals surface area contributed by atoms with Gasteiger partial charge in [-0.05, 0) is 44.0 Å². The molecule has 0 aliphatic carbocycles. The van der Waals surface area contributed by atoms with Gasteiger partial charge in [-0.3, -0.25) is 4.98 Å². The van der Waals surface area contributed by atoms with E-state index in [4.69, 9.17) is 4.98 Å². The van der Waals surface area contributed by atoms with Crippen LogP contribution in [0.5, 0.6) is 0 Å². The molecule has 0 amide bonds. The molecule has 6 heteroatoms. The van der Waals surface area contributed by atoms with Crippen LogP contribution in [0.1, 0.15) is 17.8 Å². The molecule has 0 aromatic carbocycles.